The van der Waals surface area contributed by atoms with E-state index in [4.69, 9.17) is 4.74 Å². The Hall–Kier alpha value is -4.00. The van der Waals surface area contributed by atoms with E-state index in [0.717, 1.165) is 16.7 Å². The first-order valence-corrected chi connectivity index (χ1v) is 9.79. The van der Waals surface area contributed by atoms with E-state index in [1.807, 2.05) is 54.6 Å². The maximum absolute atomic E-state index is 12.6. The number of ether oxygens (including phenoxy) is 1. The summed E-state index contributed by atoms with van der Waals surface area (Å²) in [7, 11) is 0. The van der Waals surface area contributed by atoms with Crippen molar-refractivity contribution < 1.29 is 19.2 Å². The third kappa shape index (κ3) is 4.95. The zero-order valence-corrected chi connectivity index (χ0v) is 17.3. The number of rotatable bonds is 7. The Kier molecular flexibility index (Phi) is 6.77. The highest BCUT2D eigenvalue weighted by Crippen LogP contribution is 2.33. The summed E-state index contributed by atoms with van der Waals surface area (Å²) in [6, 6.07) is 21.1. The van der Waals surface area contributed by atoms with Crippen molar-refractivity contribution >= 4 is 23.3 Å². The highest BCUT2D eigenvalue weighted by atomic mass is 16.6. The Bertz CT molecular complexity index is 1110. The van der Waals surface area contributed by atoms with E-state index in [9.17, 15) is 19.7 Å². The molecule has 0 fully saturated rings. The van der Waals surface area contributed by atoms with Crippen LogP contribution in [0.3, 0.4) is 0 Å². The number of hydrogen-bond acceptors (Lipinski definition) is 5. The maximum atomic E-state index is 12.6. The van der Waals surface area contributed by atoms with E-state index in [1.165, 1.54) is 30.0 Å². The summed E-state index contributed by atoms with van der Waals surface area (Å²) >= 11 is 0. The number of nitrogens with zero attached hydrogens (tertiary/aromatic N) is 2. The standard InChI is InChI=1S/C24H22N2O5/c1-3-31-24(28)19-13-14-22(26(29)30)23(15-19)25(17(2)27)16-20-11-7-8-12-21(20)18-9-5-4-6-10-18/h4-15H,3,16H2,1-2H3. The van der Waals surface area contributed by atoms with Gasteiger partial charge >= 0.3 is 5.97 Å². The Balaban J connectivity index is 2.08. The van der Waals surface area contributed by atoms with Crippen LogP contribution in [0.2, 0.25) is 0 Å². The molecular formula is C24H22N2O5. The molecule has 0 aliphatic carbocycles. The van der Waals surface area contributed by atoms with Crippen LogP contribution < -0.4 is 4.90 Å². The Morgan fingerprint density at radius 3 is 2.32 bits per heavy atom. The molecule has 7 heteroatoms. The molecule has 0 heterocycles. The second kappa shape index (κ2) is 9.67. The Morgan fingerprint density at radius 2 is 1.68 bits per heavy atom. The summed E-state index contributed by atoms with van der Waals surface area (Å²) < 4.78 is 5.01. The highest BCUT2D eigenvalue weighted by Gasteiger charge is 2.25. The molecule has 3 rings (SSSR count). The molecule has 31 heavy (non-hydrogen) atoms. The van der Waals surface area contributed by atoms with E-state index in [2.05, 4.69) is 0 Å². The van der Waals surface area contributed by atoms with Crippen molar-refractivity contribution in [3.8, 4) is 11.1 Å². The summed E-state index contributed by atoms with van der Waals surface area (Å²) in [5.74, 6) is -0.987. The summed E-state index contributed by atoms with van der Waals surface area (Å²) in [4.78, 5) is 37.1. The SMILES string of the molecule is CCOC(=O)c1ccc([N+](=O)[O-])c(N(Cc2ccccc2-c2ccccc2)C(C)=O)c1. The van der Waals surface area contributed by atoms with Crippen molar-refractivity contribution in [1.82, 2.24) is 0 Å². The predicted octanol–water partition coefficient (Wildman–Crippen LogP) is 4.99. The van der Waals surface area contributed by atoms with Crippen LogP contribution in [0, 0.1) is 10.1 Å². The molecule has 0 aromatic heterocycles. The lowest BCUT2D eigenvalue weighted by molar-refractivity contribution is -0.384. The molecule has 158 valence electrons. The molecule has 0 spiro atoms. The van der Waals surface area contributed by atoms with Gasteiger partial charge in [-0.05, 0) is 35.7 Å². The Morgan fingerprint density at radius 1 is 1.00 bits per heavy atom. The molecule has 0 aliphatic rings. The van der Waals surface area contributed by atoms with E-state index in [-0.39, 0.29) is 36.0 Å². The summed E-state index contributed by atoms with van der Waals surface area (Å²) in [6.45, 7) is 3.29. The number of amides is 1. The summed E-state index contributed by atoms with van der Waals surface area (Å²) in [6.07, 6.45) is 0. The van der Waals surface area contributed by atoms with Crippen molar-refractivity contribution in [3.63, 3.8) is 0 Å². The molecule has 0 saturated carbocycles. The molecule has 0 N–H and O–H groups in total. The van der Waals surface area contributed by atoms with E-state index in [1.54, 1.807) is 6.92 Å². The van der Waals surface area contributed by atoms with Gasteiger partial charge in [-0.1, -0.05) is 54.6 Å². The lowest BCUT2D eigenvalue weighted by Gasteiger charge is -2.23. The molecule has 1 amide bonds. The molecule has 0 bridgehead atoms. The zero-order chi connectivity index (χ0) is 22.4. The van der Waals surface area contributed by atoms with Gasteiger partial charge < -0.3 is 9.64 Å². The molecule has 7 nitrogen and oxygen atoms in total. The molecular weight excluding hydrogens is 396 g/mol. The smallest absolute Gasteiger partial charge is 0.338 e. The summed E-state index contributed by atoms with van der Waals surface area (Å²) in [5.41, 5.74) is 2.63. The summed E-state index contributed by atoms with van der Waals surface area (Å²) in [5, 5.41) is 11.6. The minimum atomic E-state index is -0.605. The monoisotopic (exact) mass is 418 g/mol. The zero-order valence-electron chi connectivity index (χ0n) is 17.3. The number of benzene rings is 3. The van der Waals surface area contributed by atoms with Crippen molar-refractivity contribution in [1.29, 1.82) is 0 Å². The van der Waals surface area contributed by atoms with Gasteiger partial charge in [0.15, 0.2) is 0 Å². The van der Waals surface area contributed by atoms with Crippen molar-refractivity contribution in [2.45, 2.75) is 20.4 Å². The molecule has 3 aromatic rings. The second-order valence-corrected chi connectivity index (χ2v) is 6.81. The third-order valence-electron chi connectivity index (χ3n) is 4.78. The van der Waals surface area contributed by atoms with Crippen LogP contribution in [0.4, 0.5) is 11.4 Å². The third-order valence-corrected chi connectivity index (χ3v) is 4.78. The molecule has 0 atom stereocenters. The second-order valence-electron chi connectivity index (χ2n) is 6.81. The van der Waals surface area contributed by atoms with Crippen LogP contribution in [-0.2, 0) is 16.1 Å². The molecule has 0 radical (unpaired) electrons. The van der Waals surface area contributed by atoms with E-state index in [0.29, 0.717) is 0 Å². The van der Waals surface area contributed by atoms with Crippen molar-refractivity contribution in [2.24, 2.45) is 0 Å². The van der Waals surface area contributed by atoms with Crippen LogP contribution in [-0.4, -0.2) is 23.4 Å². The number of anilines is 1. The van der Waals surface area contributed by atoms with Gasteiger partial charge in [-0.2, -0.15) is 0 Å². The molecule has 0 aliphatic heterocycles. The lowest BCUT2D eigenvalue weighted by atomic mass is 9.99. The number of hydrogen-bond donors (Lipinski definition) is 0. The average Bonchev–Trinajstić information content (AvgIpc) is 2.77. The van der Waals surface area contributed by atoms with Crippen LogP contribution in [0.25, 0.3) is 11.1 Å². The largest absolute Gasteiger partial charge is 0.462 e. The molecule has 3 aromatic carbocycles. The van der Waals surface area contributed by atoms with E-state index < -0.39 is 10.9 Å². The van der Waals surface area contributed by atoms with Crippen LogP contribution in [0.5, 0.6) is 0 Å². The van der Waals surface area contributed by atoms with Gasteiger partial charge in [0, 0.05) is 13.0 Å². The van der Waals surface area contributed by atoms with Gasteiger partial charge in [0.05, 0.1) is 23.6 Å². The fourth-order valence-corrected chi connectivity index (χ4v) is 3.33. The highest BCUT2D eigenvalue weighted by molar-refractivity contribution is 5.97. The van der Waals surface area contributed by atoms with E-state index >= 15 is 0 Å². The van der Waals surface area contributed by atoms with Gasteiger partial charge in [0.25, 0.3) is 5.69 Å². The number of carbonyl (C=O) groups is 2. The van der Waals surface area contributed by atoms with Crippen molar-refractivity contribution in [2.75, 3.05) is 11.5 Å². The minimum Gasteiger partial charge on any atom is -0.462 e. The first-order valence-electron chi connectivity index (χ1n) is 9.79. The fourth-order valence-electron chi connectivity index (χ4n) is 3.33. The fraction of sp³-hybridized carbons (Fsp3) is 0.167. The van der Waals surface area contributed by atoms with Crippen LogP contribution in [0.15, 0.2) is 72.8 Å². The quantitative estimate of drug-likeness (QED) is 0.306. The van der Waals surface area contributed by atoms with Gasteiger partial charge in [-0.3, -0.25) is 14.9 Å². The Labute approximate surface area is 180 Å². The van der Waals surface area contributed by atoms with Crippen LogP contribution >= 0.6 is 0 Å². The normalized spacial score (nSPS) is 10.4. The van der Waals surface area contributed by atoms with Gasteiger partial charge in [0.2, 0.25) is 5.91 Å². The first kappa shape index (κ1) is 21.7. The lowest BCUT2D eigenvalue weighted by Crippen LogP contribution is -2.29. The number of nitro groups is 1. The average molecular weight is 418 g/mol. The van der Waals surface area contributed by atoms with Crippen LogP contribution in [0.1, 0.15) is 29.8 Å². The van der Waals surface area contributed by atoms with Gasteiger partial charge in [-0.15, -0.1) is 0 Å². The number of esters is 1. The predicted molar refractivity (Wildman–Crippen MR) is 118 cm³/mol. The first-order chi connectivity index (χ1) is 14.9. The topological polar surface area (TPSA) is 89.8 Å². The minimum absolute atomic E-state index is 0.0471. The van der Waals surface area contributed by atoms with Gasteiger partial charge in [0.1, 0.15) is 5.69 Å². The molecule has 0 unspecified atom stereocenters. The number of carbonyl (C=O) groups excluding carboxylic acids is 2. The molecule has 0 saturated heterocycles. The maximum Gasteiger partial charge on any atom is 0.338 e. The van der Waals surface area contributed by atoms with Crippen molar-refractivity contribution in [3.05, 3.63) is 94.0 Å². The number of nitro benzene ring substituents is 1. The van der Waals surface area contributed by atoms with Gasteiger partial charge in [-0.25, -0.2) is 4.79 Å².